The quantitative estimate of drug-likeness (QED) is 0.481. The van der Waals surface area contributed by atoms with E-state index < -0.39 is 11.9 Å². The Morgan fingerprint density at radius 2 is 1.81 bits per heavy atom. The maximum atomic E-state index is 12.5. The maximum absolute atomic E-state index is 12.5. The summed E-state index contributed by atoms with van der Waals surface area (Å²) in [5, 5.41) is 0. The highest BCUT2D eigenvalue weighted by atomic mass is 16.5. The summed E-state index contributed by atoms with van der Waals surface area (Å²) in [5.41, 5.74) is 3.39. The minimum atomic E-state index is -0.552. The second-order valence-corrected chi connectivity index (χ2v) is 6.65. The second kappa shape index (κ2) is 7.12. The molecular weight excluding hydrogens is 330 g/mol. The van der Waals surface area contributed by atoms with Crippen LogP contribution in [0.4, 0.5) is 5.69 Å². The molecule has 1 heterocycles. The van der Waals surface area contributed by atoms with Gasteiger partial charge in [-0.05, 0) is 56.2 Å². The lowest BCUT2D eigenvalue weighted by Crippen LogP contribution is -2.27. The molecule has 1 amide bonds. The summed E-state index contributed by atoms with van der Waals surface area (Å²) in [4.78, 5) is 38.2. The van der Waals surface area contributed by atoms with Gasteiger partial charge < -0.3 is 9.64 Å². The summed E-state index contributed by atoms with van der Waals surface area (Å²) in [7, 11) is 0. The van der Waals surface area contributed by atoms with E-state index in [1.165, 1.54) is 6.92 Å². The van der Waals surface area contributed by atoms with Gasteiger partial charge in [0.25, 0.3) is 0 Å². The molecule has 0 aliphatic carbocycles. The van der Waals surface area contributed by atoms with Crippen molar-refractivity contribution in [1.82, 2.24) is 0 Å². The maximum Gasteiger partial charge on any atom is 0.316 e. The Morgan fingerprint density at radius 1 is 1.08 bits per heavy atom. The SMILES string of the molecule is CC(=O)c1ccccc1OC(=O)[C@@H]1CC(=O)N(c2ccc(C)c(C)c2)C1. The first-order chi connectivity index (χ1) is 12.4. The summed E-state index contributed by atoms with van der Waals surface area (Å²) in [6.07, 6.45) is 0.105. The van der Waals surface area contributed by atoms with Crippen molar-refractivity contribution >= 4 is 23.3 Å². The average molecular weight is 351 g/mol. The number of ketones is 1. The van der Waals surface area contributed by atoms with Gasteiger partial charge in [0.2, 0.25) is 5.91 Å². The number of para-hydroxylation sites is 1. The number of anilines is 1. The number of carbonyl (C=O) groups is 3. The molecule has 0 bridgehead atoms. The Kier molecular flexibility index (Phi) is 4.89. The lowest BCUT2D eigenvalue weighted by Gasteiger charge is -2.18. The highest BCUT2D eigenvalue weighted by Gasteiger charge is 2.36. The molecule has 0 radical (unpaired) electrons. The molecule has 0 N–H and O–H groups in total. The van der Waals surface area contributed by atoms with Crippen molar-refractivity contribution in [2.75, 3.05) is 11.4 Å². The highest BCUT2D eigenvalue weighted by Crippen LogP contribution is 2.28. The molecule has 0 unspecified atom stereocenters. The molecule has 2 aromatic rings. The normalized spacial score (nSPS) is 16.7. The number of Topliss-reactive ketones (excluding diaryl/α,β-unsaturated/α-hetero) is 1. The van der Waals surface area contributed by atoms with Gasteiger partial charge in [-0.2, -0.15) is 0 Å². The van der Waals surface area contributed by atoms with Gasteiger partial charge in [0.15, 0.2) is 5.78 Å². The first-order valence-electron chi connectivity index (χ1n) is 8.56. The Morgan fingerprint density at radius 3 is 2.50 bits per heavy atom. The number of hydrogen-bond acceptors (Lipinski definition) is 4. The smallest absolute Gasteiger partial charge is 0.316 e. The van der Waals surface area contributed by atoms with Crippen LogP contribution in [0, 0.1) is 19.8 Å². The van der Waals surface area contributed by atoms with Crippen molar-refractivity contribution in [3.63, 3.8) is 0 Å². The van der Waals surface area contributed by atoms with E-state index in [4.69, 9.17) is 4.74 Å². The Hall–Kier alpha value is -2.95. The lowest BCUT2D eigenvalue weighted by atomic mass is 10.1. The third-order valence-corrected chi connectivity index (χ3v) is 4.74. The number of nitrogens with zero attached hydrogens (tertiary/aromatic N) is 1. The van der Waals surface area contributed by atoms with E-state index in [1.807, 2.05) is 32.0 Å². The minimum absolute atomic E-state index is 0.102. The predicted molar refractivity (Wildman–Crippen MR) is 98.5 cm³/mol. The van der Waals surface area contributed by atoms with Crippen LogP contribution in [0.2, 0.25) is 0 Å². The molecule has 0 spiro atoms. The van der Waals surface area contributed by atoms with Gasteiger partial charge in [-0.3, -0.25) is 14.4 Å². The summed E-state index contributed by atoms with van der Waals surface area (Å²) in [6.45, 7) is 5.71. The van der Waals surface area contributed by atoms with Crippen molar-refractivity contribution < 1.29 is 19.1 Å². The molecule has 2 aromatic carbocycles. The topological polar surface area (TPSA) is 63.7 Å². The zero-order chi connectivity index (χ0) is 18.8. The third-order valence-electron chi connectivity index (χ3n) is 4.74. The predicted octanol–water partition coefficient (Wildman–Crippen LogP) is 3.46. The second-order valence-electron chi connectivity index (χ2n) is 6.65. The monoisotopic (exact) mass is 351 g/mol. The minimum Gasteiger partial charge on any atom is -0.425 e. The fraction of sp³-hybridized carbons (Fsp3) is 0.286. The van der Waals surface area contributed by atoms with Crippen LogP contribution in [0.25, 0.3) is 0 Å². The molecule has 3 rings (SSSR count). The number of rotatable bonds is 4. The number of benzene rings is 2. The van der Waals surface area contributed by atoms with Gasteiger partial charge in [0.05, 0.1) is 11.5 Å². The van der Waals surface area contributed by atoms with Crippen molar-refractivity contribution in [3.8, 4) is 5.75 Å². The zero-order valence-corrected chi connectivity index (χ0v) is 15.1. The van der Waals surface area contributed by atoms with E-state index in [0.29, 0.717) is 5.56 Å². The first kappa shape index (κ1) is 17.9. The summed E-state index contributed by atoms with van der Waals surface area (Å²) in [6, 6.07) is 12.4. The number of ether oxygens (including phenoxy) is 1. The van der Waals surface area contributed by atoms with Gasteiger partial charge in [-0.25, -0.2) is 0 Å². The zero-order valence-electron chi connectivity index (χ0n) is 15.1. The number of carbonyl (C=O) groups excluding carboxylic acids is 3. The Labute approximate surface area is 152 Å². The van der Waals surface area contributed by atoms with Crippen molar-refractivity contribution in [3.05, 3.63) is 59.2 Å². The molecule has 26 heavy (non-hydrogen) atoms. The van der Waals surface area contributed by atoms with Crippen LogP contribution >= 0.6 is 0 Å². The molecule has 1 atom stereocenters. The van der Waals surface area contributed by atoms with E-state index in [-0.39, 0.29) is 30.4 Å². The van der Waals surface area contributed by atoms with Gasteiger partial charge in [0, 0.05) is 18.7 Å². The van der Waals surface area contributed by atoms with Crippen molar-refractivity contribution in [2.45, 2.75) is 27.2 Å². The fourth-order valence-corrected chi connectivity index (χ4v) is 3.05. The Bertz CT molecular complexity index is 887. The molecule has 1 aliphatic rings. The van der Waals surface area contributed by atoms with Gasteiger partial charge in [-0.15, -0.1) is 0 Å². The molecule has 1 saturated heterocycles. The van der Waals surface area contributed by atoms with Crippen LogP contribution in [-0.2, 0) is 9.59 Å². The molecule has 0 saturated carbocycles. The first-order valence-corrected chi connectivity index (χ1v) is 8.56. The van der Waals surface area contributed by atoms with E-state index in [2.05, 4.69) is 0 Å². The van der Waals surface area contributed by atoms with Crippen molar-refractivity contribution in [1.29, 1.82) is 0 Å². The van der Waals surface area contributed by atoms with Gasteiger partial charge in [-0.1, -0.05) is 18.2 Å². The molecule has 134 valence electrons. The van der Waals surface area contributed by atoms with Crippen LogP contribution in [0.15, 0.2) is 42.5 Å². The number of esters is 1. The number of amides is 1. The van der Waals surface area contributed by atoms with E-state index in [1.54, 1.807) is 29.2 Å². The standard InChI is InChI=1S/C21H21NO4/c1-13-8-9-17(10-14(13)2)22-12-16(11-20(22)24)21(25)26-19-7-5-4-6-18(19)15(3)23/h4-10,16H,11-12H2,1-3H3/t16-/m1/s1. The summed E-state index contributed by atoms with van der Waals surface area (Å²) < 4.78 is 5.43. The molecule has 5 heteroatoms. The fourth-order valence-electron chi connectivity index (χ4n) is 3.05. The van der Waals surface area contributed by atoms with Gasteiger partial charge in [0.1, 0.15) is 5.75 Å². The molecule has 1 aliphatic heterocycles. The largest absolute Gasteiger partial charge is 0.425 e. The van der Waals surface area contributed by atoms with Crippen LogP contribution < -0.4 is 9.64 Å². The van der Waals surface area contributed by atoms with Crippen LogP contribution in [0.5, 0.6) is 5.75 Å². The lowest BCUT2D eigenvalue weighted by molar-refractivity contribution is -0.139. The van der Waals surface area contributed by atoms with Crippen molar-refractivity contribution in [2.24, 2.45) is 5.92 Å². The summed E-state index contributed by atoms with van der Waals surface area (Å²) >= 11 is 0. The average Bonchev–Trinajstić information content (AvgIpc) is 2.99. The highest BCUT2D eigenvalue weighted by molar-refractivity contribution is 6.01. The number of aryl methyl sites for hydroxylation is 2. The molecule has 5 nitrogen and oxygen atoms in total. The van der Waals surface area contributed by atoms with E-state index in [9.17, 15) is 14.4 Å². The van der Waals surface area contributed by atoms with E-state index in [0.717, 1.165) is 16.8 Å². The molecule has 0 aromatic heterocycles. The summed E-state index contributed by atoms with van der Waals surface area (Å²) in [5.74, 6) is -1.08. The third kappa shape index (κ3) is 3.52. The van der Waals surface area contributed by atoms with E-state index >= 15 is 0 Å². The molecular formula is C21H21NO4. The van der Waals surface area contributed by atoms with Crippen LogP contribution in [-0.4, -0.2) is 24.2 Å². The Balaban J connectivity index is 1.75. The van der Waals surface area contributed by atoms with Crippen LogP contribution in [0.1, 0.15) is 34.8 Å². The number of hydrogen-bond donors (Lipinski definition) is 0. The van der Waals surface area contributed by atoms with Crippen LogP contribution in [0.3, 0.4) is 0 Å². The molecule has 1 fully saturated rings. The van der Waals surface area contributed by atoms with Gasteiger partial charge >= 0.3 is 5.97 Å².